The van der Waals surface area contributed by atoms with Crippen LogP contribution in [-0.2, 0) is 14.3 Å². The molecule has 1 aliphatic rings. The van der Waals surface area contributed by atoms with Gasteiger partial charge in [0.1, 0.15) is 5.78 Å². The molecule has 0 spiro atoms. The molecule has 1 rings (SSSR count). The number of halogens is 1. The molecular weight excluding hydrogens is 212 g/mol. The summed E-state index contributed by atoms with van der Waals surface area (Å²) in [6.45, 7) is 0. The Kier molecular flexibility index (Phi) is 2.65. The number of rotatable bonds is 3. The molecule has 0 aliphatic heterocycles. The standard InChI is InChI=1S/C7H9BrO3/c1-11-7(10)5-2-4(5)6(9)3-8/h4-5H,2-3H2,1H3/t4-,5-/m1/s1. The number of esters is 1. The minimum absolute atomic E-state index is 0.0816. The van der Waals surface area contributed by atoms with Crippen LogP contribution < -0.4 is 0 Å². The van der Waals surface area contributed by atoms with Gasteiger partial charge in [0.2, 0.25) is 0 Å². The molecule has 2 atom stereocenters. The molecule has 62 valence electrons. The van der Waals surface area contributed by atoms with Gasteiger partial charge in [-0.15, -0.1) is 0 Å². The van der Waals surface area contributed by atoms with Crippen molar-refractivity contribution in [3.05, 3.63) is 0 Å². The lowest BCUT2D eigenvalue weighted by Gasteiger charge is -1.94. The molecule has 0 aromatic heterocycles. The van der Waals surface area contributed by atoms with E-state index in [0.717, 1.165) is 0 Å². The van der Waals surface area contributed by atoms with Crippen LogP contribution in [0.2, 0.25) is 0 Å². The summed E-state index contributed by atoms with van der Waals surface area (Å²) in [5.74, 6) is -0.406. The summed E-state index contributed by atoms with van der Waals surface area (Å²) in [6.07, 6.45) is 0.664. The van der Waals surface area contributed by atoms with Crippen LogP contribution in [0.5, 0.6) is 0 Å². The first-order chi connectivity index (χ1) is 5.20. The van der Waals surface area contributed by atoms with Gasteiger partial charge in [-0.1, -0.05) is 15.9 Å². The maximum Gasteiger partial charge on any atom is 0.309 e. The third-order valence-corrected chi connectivity index (χ3v) is 2.39. The number of carbonyl (C=O) groups is 2. The zero-order valence-electron chi connectivity index (χ0n) is 6.17. The van der Waals surface area contributed by atoms with Crippen LogP contribution in [0.3, 0.4) is 0 Å². The van der Waals surface area contributed by atoms with E-state index in [-0.39, 0.29) is 23.6 Å². The molecule has 0 unspecified atom stereocenters. The first kappa shape index (κ1) is 8.71. The van der Waals surface area contributed by atoms with E-state index in [1.807, 2.05) is 0 Å². The number of ketones is 1. The van der Waals surface area contributed by atoms with Crippen molar-refractivity contribution in [3.63, 3.8) is 0 Å². The quantitative estimate of drug-likeness (QED) is 0.522. The van der Waals surface area contributed by atoms with E-state index in [0.29, 0.717) is 11.8 Å². The summed E-state index contributed by atoms with van der Waals surface area (Å²) in [7, 11) is 1.34. The van der Waals surface area contributed by atoms with Crippen molar-refractivity contribution in [2.24, 2.45) is 11.8 Å². The van der Waals surface area contributed by atoms with Crippen molar-refractivity contribution in [1.29, 1.82) is 0 Å². The van der Waals surface area contributed by atoms with Crippen molar-refractivity contribution < 1.29 is 14.3 Å². The second-order valence-corrected chi connectivity index (χ2v) is 3.13. The lowest BCUT2D eigenvalue weighted by molar-refractivity contribution is -0.143. The van der Waals surface area contributed by atoms with Gasteiger partial charge >= 0.3 is 5.97 Å². The topological polar surface area (TPSA) is 43.4 Å². The van der Waals surface area contributed by atoms with Crippen molar-refractivity contribution in [1.82, 2.24) is 0 Å². The Morgan fingerprint density at radius 2 is 2.18 bits per heavy atom. The highest BCUT2D eigenvalue weighted by atomic mass is 79.9. The Labute approximate surface area is 73.2 Å². The number of alkyl halides is 1. The Bertz CT molecular complexity index is 170. The Morgan fingerprint density at radius 3 is 2.64 bits per heavy atom. The van der Waals surface area contributed by atoms with Gasteiger partial charge < -0.3 is 4.74 Å². The van der Waals surface area contributed by atoms with Crippen LogP contribution in [0.15, 0.2) is 0 Å². The van der Waals surface area contributed by atoms with Gasteiger partial charge in [0.15, 0.2) is 0 Å². The molecule has 0 amide bonds. The molecule has 0 heterocycles. The number of ether oxygens (including phenoxy) is 1. The Balaban J connectivity index is 2.37. The molecule has 3 nitrogen and oxygen atoms in total. The summed E-state index contributed by atoms with van der Waals surface area (Å²) in [4.78, 5) is 21.8. The zero-order chi connectivity index (χ0) is 8.43. The van der Waals surface area contributed by atoms with E-state index in [1.165, 1.54) is 7.11 Å². The van der Waals surface area contributed by atoms with Crippen molar-refractivity contribution in [2.75, 3.05) is 12.4 Å². The zero-order valence-corrected chi connectivity index (χ0v) is 7.76. The number of carbonyl (C=O) groups excluding carboxylic acids is 2. The molecule has 0 bridgehead atoms. The Hall–Kier alpha value is -0.380. The maximum absolute atomic E-state index is 11.0. The average molecular weight is 221 g/mol. The number of hydrogen-bond acceptors (Lipinski definition) is 3. The van der Waals surface area contributed by atoms with Crippen molar-refractivity contribution >= 4 is 27.7 Å². The van der Waals surface area contributed by atoms with E-state index < -0.39 is 0 Å². The molecule has 0 aromatic rings. The molecule has 0 aromatic carbocycles. The van der Waals surface area contributed by atoms with Gasteiger partial charge in [0.05, 0.1) is 18.4 Å². The van der Waals surface area contributed by atoms with E-state index in [4.69, 9.17) is 0 Å². The molecule has 1 fully saturated rings. The van der Waals surface area contributed by atoms with Crippen LogP contribution in [0, 0.1) is 11.8 Å². The van der Waals surface area contributed by atoms with Crippen molar-refractivity contribution in [2.45, 2.75) is 6.42 Å². The van der Waals surface area contributed by atoms with Crippen LogP contribution >= 0.6 is 15.9 Å². The molecule has 0 saturated heterocycles. The molecular formula is C7H9BrO3. The van der Waals surface area contributed by atoms with Crippen LogP contribution in [0.25, 0.3) is 0 Å². The summed E-state index contributed by atoms with van der Waals surface area (Å²) < 4.78 is 4.49. The molecule has 0 N–H and O–H groups in total. The van der Waals surface area contributed by atoms with Gasteiger partial charge in [0, 0.05) is 5.92 Å². The highest BCUT2D eigenvalue weighted by Crippen LogP contribution is 2.40. The minimum Gasteiger partial charge on any atom is -0.469 e. The van der Waals surface area contributed by atoms with Gasteiger partial charge in [-0.05, 0) is 6.42 Å². The molecule has 0 radical (unpaired) electrons. The average Bonchev–Trinajstić information content (AvgIpc) is 2.80. The van der Waals surface area contributed by atoms with E-state index >= 15 is 0 Å². The van der Waals surface area contributed by atoms with Crippen LogP contribution in [0.4, 0.5) is 0 Å². The fraction of sp³-hybridized carbons (Fsp3) is 0.714. The lowest BCUT2D eigenvalue weighted by atomic mass is 10.2. The van der Waals surface area contributed by atoms with E-state index in [2.05, 4.69) is 20.7 Å². The normalized spacial score (nSPS) is 27.8. The summed E-state index contributed by atoms with van der Waals surface area (Å²) in [5.41, 5.74) is 0. The first-order valence-electron chi connectivity index (χ1n) is 3.37. The number of Topliss-reactive ketones (excluding diaryl/α,β-unsaturated/α-hetero) is 1. The summed E-state index contributed by atoms with van der Waals surface area (Å²) in [5, 5.41) is 0.338. The SMILES string of the molecule is COC(=O)[C@@H]1C[C@H]1C(=O)CBr. The first-order valence-corrected chi connectivity index (χ1v) is 4.49. The third-order valence-electron chi connectivity index (χ3n) is 1.84. The summed E-state index contributed by atoms with van der Waals surface area (Å²) >= 11 is 3.05. The van der Waals surface area contributed by atoms with Gasteiger partial charge in [-0.3, -0.25) is 9.59 Å². The van der Waals surface area contributed by atoms with Gasteiger partial charge in [0.25, 0.3) is 0 Å². The third kappa shape index (κ3) is 1.80. The monoisotopic (exact) mass is 220 g/mol. The molecule has 4 heteroatoms. The smallest absolute Gasteiger partial charge is 0.309 e. The lowest BCUT2D eigenvalue weighted by Crippen LogP contribution is -2.10. The summed E-state index contributed by atoms with van der Waals surface area (Å²) in [6, 6.07) is 0. The molecule has 1 aliphatic carbocycles. The number of methoxy groups -OCH3 is 1. The fourth-order valence-electron chi connectivity index (χ4n) is 1.06. The Morgan fingerprint density at radius 1 is 1.55 bits per heavy atom. The van der Waals surface area contributed by atoms with Crippen LogP contribution in [-0.4, -0.2) is 24.2 Å². The predicted octanol–water partition coefficient (Wildman–Crippen LogP) is 0.759. The highest BCUT2D eigenvalue weighted by Gasteiger charge is 2.47. The second-order valence-electron chi connectivity index (χ2n) is 2.57. The number of hydrogen-bond donors (Lipinski definition) is 0. The maximum atomic E-state index is 11.0. The van der Waals surface area contributed by atoms with E-state index in [9.17, 15) is 9.59 Å². The van der Waals surface area contributed by atoms with Crippen LogP contribution in [0.1, 0.15) is 6.42 Å². The van der Waals surface area contributed by atoms with Gasteiger partial charge in [-0.2, -0.15) is 0 Å². The highest BCUT2D eigenvalue weighted by molar-refractivity contribution is 9.09. The van der Waals surface area contributed by atoms with E-state index in [1.54, 1.807) is 0 Å². The fourth-order valence-corrected chi connectivity index (χ4v) is 1.48. The second kappa shape index (κ2) is 3.34. The molecule has 11 heavy (non-hydrogen) atoms. The van der Waals surface area contributed by atoms with Gasteiger partial charge in [-0.25, -0.2) is 0 Å². The molecule has 1 saturated carbocycles. The predicted molar refractivity (Wildman–Crippen MR) is 42.4 cm³/mol. The van der Waals surface area contributed by atoms with Crippen molar-refractivity contribution in [3.8, 4) is 0 Å². The largest absolute Gasteiger partial charge is 0.469 e. The minimum atomic E-state index is -0.260.